The Morgan fingerprint density at radius 2 is 1.76 bits per heavy atom. The molecule has 21 heavy (non-hydrogen) atoms. The predicted molar refractivity (Wildman–Crippen MR) is 80.3 cm³/mol. The van der Waals surface area contributed by atoms with E-state index in [9.17, 15) is 8.78 Å². The van der Waals surface area contributed by atoms with Crippen LogP contribution in [0.5, 0.6) is 5.75 Å². The standard InChI is InChI=1S/C17H19F2NO/c1-11(2)20-10-12-5-4-6-13(7-12)17-15(18)8-14(21-3)9-16(17)19/h4-9,11,20H,10H2,1-3H3. The van der Waals surface area contributed by atoms with E-state index < -0.39 is 11.6 Å². The Bertz CT molecular complexity index is 603. The first-order chi connectivity index (χ1) is 10.0. The number of nitrogens with one attached hydrogen (secondary N) is 1. The molecule has 0 saturated carbocycles. The lowest BCUT2D eigenvalue weighted by molar-refractivity contribution is 0.407. The first-order valence-electron chi connectivity index (χ1n) is 6.87. The Labute approximate surface area is 123 Å². The summed E-state index contributed by atoms with van der Waals surface area (Å²) in [5.74, 6) is -1.08. The number of ether oxygens (including phenoxy) is 1. The lowest BCUT2D eigenvalue weighted by atomic mass is 10.0. The van der Waals surface area contributed by atoms with E-state index in [-0.39, 0.29) is 11.3 Å². The van der Waals surface area contributed by atoms with Crippen LogP contribution in [0.2, 0.25) is 0 Å². The molecular weight excluding hydrogens is 272 g/mol. The van der Waals surface area contributed by atoms with Crippen molar-refractivity contribution in [3.63, 3.8) is 0 Å². The summed E-state index contributed by atoms with van der Waals surface area (Å²) >= 11 is 0. The molecule has 4 heteroatoms. The fourth-order valence-electron chi connectivity index (χ4n) is 2.10. The van der Waals surface area contributed by atoms with Crippen LogP contribution in [-0.2, 0) is 6.54 Å². The van der Waals surface area contributed by atoms with Crippen molar-refractivity contribution in [2.45, 2.75) is 26.4 Å². The van der Waals surface area contributed by atoms with Crippen molar-refractivity contribution in [2.24, 2.45) is 0 Å². The van der Waals surface area contributed by atoms with E-state index in [1.54, 1.807) is 18.2 Å². The quantitative estimate of drug-likeness (QED) is 0.894. The second-order valence-corrected chi connectivity index (χ2v) is 5.20. The van der Waals surface area contributed by atoms with Gasteiger partial charge in [0.15, 0.2) is 0 Å². The number of hydrogen-bond donors (Lipinski definition) is 1. The van der Waals surface area contributed by atoms with Gasteiger partial charge >= 0.3 is 0 Å². The summed E-state index contributed by atoms with van der Waals surface area (Å²) in [5, 5.41) is 3.28. The third kappa shape index (κ3) is 3.79. The van der Waals surface area contributed by atoms with Gasteiger partial charge in [-0.15, -0.1) is 0 Å². The Kier molecular flexibility index (Phi) is 4.91. The minimum absolute atomic E-state index is 0.0257. The maximum absolute atomic E-state index is 14.1. The highest BCUT2D eigenvalue weighted by Crippen LogP contribution is 2.30. The highest BCUT2D eigenvalue weighted by molar-refractivity contribution is 5.66. The zero-order chi connectivity index (χ0) is 15.4. The van der Waals surface area contributed by atoms with Crippen LogP contribution in [0, 0.1) is 11.6 Å². The van der Waals surface area contributed by atoms with Crippen molar-refractivity contribution in [2.75, 3.05) is 7.11 Å². The van der Waals surface area contributed by atoms with Crippen molar-refractivity contribution in [1.29, 1.82) is 0 Å². The molecule has 0 saturated heterocycles. The zero-order valence-electron chi connectivity index (χ0n) is 12.4. The van der Waals surface area contributed by atoms with Crippen LogP contribution in [-0.4, -0.2) is 13.2 Å². The number of hydrogen-bond acceptors (Lipinski definition) is 2. The van der Waals surface area contributed by atoms with E-state index in [2.05, 4.69) is 5.32 Å². The second-order valence-electron chi connectivity index (χ2n) is 5.20. The molecule has 2 nitrogen and oxygen atoms in total. The van der Waals surface area contributed by atoms with E-state index >= 15 is 0 Å². The van der Waals surface area contributed by atoms with Gasteiger partial charge in [0.2, 0.25) is 0 Å². The SMILES string of the molecule is COc1cc(F)c(-c2cccc(CNC(C)C)c2)c(F)c1. The van der Waals surface area contributed by atoms with Crippen LogP contribution in [0.15, 0.2) is 36.4 Å². The van der Waals surface area contributed by atoms with Gasteiger partial charge in [-0.25, -0.2) is 8.78 Å². The van der Waals surface area contributed by atoms with Crippen molar-refractivity contribution < 1.29 is 13.5 Å². The van der Waals surface area contributed by atoms with Crippen LogP contribution in [0.4, 0.5) is 8.78 Å². The fourth-order valence-corrected chi connectivity index (χ4v) is 2.10. The van der Waals surface area contributed by atoms with Crippen LogP contribution in [0.3, 0.4) is 0 Å². The van der Waals surface area contributed by atoms with E-state index in [1.165, 1.54) is 19.2 Å². The smallest absolute Gasteiger partial charge is 0.137 e. The summed E-state index contributed by atoms with van der Waals surface area (Å²) in [6, 6.07) is 9.96. The molecule has 112 valence electrons. The lowest BCUT2D eigenvalue weighted by Crippen LogP contribution is -2.21. The molecule has 2 rings (SSSR count). The third-order valence-corrected chi connectivity index (χ3v) is 3.18. The molecule has 2 aromatic rings. The molecule has 2 aromatic carbocycles. The number of benzene rings is 2. The molecule has 0 amide bonds. The largest absolute Gasteiger partial charge is 0.497 e. The van der Waals surface area contributed by atoms with Gasteiger partial charge in [-0.2, -0.15) is 0 Å². The Morgan fingerprint density at radius 3 is 2.33 bits per heavy atom. The van der Waals surface area contributed by atoms with Crippen LogP contribution in [0.25, 0.3) is 11.1 Å². The maximum atomic E-state index is 14.1. The summed E-state index contributed by atoms with van der Waals surface area (Å²) in [5.41, 5.74) is 1.48. The molecule has 0 aliphatic carbocycles. The molecule has 0 fully saturated rings. The first kappa shape index (κ1) is 15.4. The average molecular weight is 291 g/mol. The Balaban J connectivity index is 2.36. The molecule has 0 aliphatic heterocycles. The van der Waals surface area contributed by atoms with Crippen LogP contribution < -0.4 is 10.1 Å². The molecule has 0 atom stereocenters. The van der Waals surface area contributed by atoms with Gasteiger partial charge in [0.25, 0.3) is 0 Å². The fraction of sp³-hybridized carbons (Fsp3) is 0.294. The Morgan fingerprint density at radius 1 is 1.10 bits per heavy atom. The first-order valence-corrected chi connectivity index (χ1v) is 6.87. The predicted octanol–water partition coefficient (Wildman–Crippen LogP) is 4.14. The molecule has 0 radical (unpaired) electrons. The molecule has 0 aromatic heterocycles. The van der Waals surface area contributed by atoms with Gasteiger partial charge in [-0.3, -0.25) is 0 Å². The van der Waals surface area contributed by atoms with Gasteiger partial charge in [-0.1, -0.05) is 32.0 Å². The van der Waals surface area contributed by atoms with Gasteiger partial charge in [-0.05, 0) is 17.2 Å². The maximum Gasteiger partial charge on any atom is 0.137 e. The minimum Gasteiger partial charge on any atom is -0.497 e. The van der Waals surface area contributed by atoms with Crippen molar-refractivity contribution in [3.8, 4) is 16.9 Å². The van der Waals surface area contributed by atoms with Gasteiger partial charge in [0.1, 0.15) is 17.4 Å². The molecular formula is C17H19F2NO. The minimum atomic E-state index is -0.624. The van der Waals surface area contributed by atoms with E-state index in [0.717, 1.165) is 5.56 Å². The van der Waals surface area contributed by atoms with Crippen molar-refractivity contribution >= 4 is 0 Å². The lowest BCUT2D eigenvalue weighted by Gasteiger charge is -2.11. The number of methoxy groups -OCH3 is 1. The van der Waals surface area contributed by atoms with Crippen molar-refractivity contribution in [1.82, 2.24) is 5.32 Å². The monoisotopic (exact) mass is 291 g/mol. The highest BCUT2D eigenvalue weighted by Gasteiger charge is 2.14. The topological polar surface area (TPSA) is 21.3 Å². The normalized spacial score (nSPS) is 11.0. The van der Waals surface area contributed by atoms with E-state index in [1.807, 2.05) is 19.9 Å². The average Bonchev–Trinajstić information content (AvgIpc) is 2.44. The molecule has 0 spiro atoms. The molecule has 0 unspecified atom stereocenters. The third-order valence-electron chi connectivity index (χ3n) is 3.18. The molecule has 0 heterocycles. The van der Waals surface area contributed by atoms with Crippen LogP contribution >= 0.6 is 0 Å². The van der Waals surface area contributed by atoms with Gasteiger partial charge in [0.05, 0.1) is 12.7 Å². The summed E-state index contributed by atoms with van der Waals surface area (Å²) in [7, 11) is 1.38. The van der Waals surface area contributed by atoms with Crippen molar-refractivity contribution in [3.05, 3.63) is 53.6 Å². The summed E-state index contributed by atoms with van der Waals surface area (Å²) in [4.78, 5) is 0. The summed E-state index contributed by atoms with van der Waals surface area (Å²) < 4.78 is 33.1. The number of rotatable bonds is 5. The van der Waals surface area contributed by atoms with E-state index in [4.69, 9.17) is 4.74 Å². The highest BCUT2D eigenvalue weighted by atomic mass is 19.1. The second kappa shape index (κ2) is 6.68. The van der Waals surface area contributed by atoms with Crippen LogP contribution in [0.1, 0.15) is 19.4 Å². The zero-order valence-corrected chi connectivity index (χ0v) is 12.4. The molecule has 0 bridgehead atoms. The molecule has 1 N–H and O–H groups in total. The van der Waals surface area contributed by atoms with E-state index in [0.29, 0.717) is 18.2 Å². The molecule has 0 aliphatic rings. The van der Waals surface area contributed by atoms with Gasteiger partial charge < -0.3 is 10.1 Å². The Hall–Kier alpha value is -1.94. The number of halogens is 2. The summed E-state index contributed by atoms with van der Waals surface area (Å²) in [6.07, 6.45) is 0. The van der Waals surface area contributed by atoms with Gasteiger partial charge in [0, 0.05) is 24.7 Å². The summed E-state index contributed by atoms with van der Waals surface area (Å²) in [6.45, 7) is 4.75.